The third-order valence-electron chi connectivity index (χ3n) is 7.65. The molecule has 4 aromatic carbocycles. The van der Waals surface area contributed by atoms with E-state index in [9.17, 15) is 29.2 Å². The first-order chi connectivity index (χ1) is 25.2. The number of hydrogen-bond donors (Lipinski definition) is 4. The van der Waals surface area contributed by atoms with E-state index < -0.39 is 25.4 Å². The van der Waals surface area contributed by atoms with Crippen LogP contribution in [0.1, 0.15) is 34.7 Å². The van der Waals surface area contributed by atoms with Crippen LogP contribution in [0.4, 0.5) is 8.78 Å². The molecule has 0 spiro atoms. The van der Waals surface area contributed by atoms with E-state index in [1.165, 1.54) is 42.5 Å². The first-order valence-corrected chi connectivity index (χ1v) is 16.1. The summed E-state index contributed by atoms with van der Waals surface area (Å²) in [6.45, 7) is 6.56. The van der Waals surface area contributed by atoms with E-state index in [-0.39, 0.29) is 17.3 Å². The number of hydrogen-bond acceptors (Lipinski definition) is 8. The highest BCUT2D eigenvalue weighted by Crippen LogP contribution is 2.29. The molecule has 4 N–H and O–H groups in total. The minimum absolute atomic E-state index is 0.189. The first-order valence-electron chi connectivity index (χ1n) is 16.1. The monoisotopic (exact) mass is 702 g/mol. The van der Waals surface area contributed by atoms with Gasteiger partial charge < -0.3 is 29.9 Å². The Balaban J connectivity index is 0.000000203. The van der Waals surface area contributed by atoms with Gasteiger partial charge in [0.05, 0.1) is 36.0 Å². The average Bonchev–Trinajstić information content (AvgIpc) is 3.19. The highest BCUT2D eigenvalue weighted by Gasteiger charge is 2.16. The van der Waals surface area contributed by atoms with Crippen LogP contribution in [0.15, 0.2) is 134 Å². The number of rotatable bonds is 12. The van der Waals surface area contributed by atoms with Gasteiger partial charge in [0, 0.05) is 11.1 Å². The maximum atomic E-state index is 13.0. The summed E-state index contributed by atoms with van der Waals surface area (Å²) in [6, 6.07) is 33.0. The van der Waals surface area contributed by atoms with E-state index in [4.69, 9.17) is 9.47 Å². The minimum Gasteiger partial charge on any atom is -0.457 e. The Morgan fingerprint density at radius 2 is 1.00 bits per heavy atom. The van der Waals surface area contributed by atoms with Crippen molar-refractivity contribution in [2.24, 2.45) is 0 Å². The molecule has 2 atom stereocenters. The fourth-order valence-corrected chi connectivity index (χ4v) is 4.89. The van der Waals surface area contributed by atoms with Gasteiger partial charge in [0.15, 0.2) is 0 Å². The second kappa shape index (κ2) is 17.8. The van der Waals surface area contributed by atoms with Gasteiger partial charge in [-0.3, -0.25) is 0 Å². The van der Waals surface area contributed by atoms with Gasteiger partial charge in [0.25, 0.3) is 0 Å². The van der Waals surface area contributed by atoms with Crippen molar-refractivity contribution >= 4 is 12.2 Å². The highest BCUT2D eigenvalue weighted by atomic mass is 19.1. The Bertz CT molecular complexity index is 2030. The van der Waals surface area contributed by atoms with Crippen LogP contribution < -0.4 is 9.47 Å². The van der Waals surface area contributed by atoms with E-state index in [2.05, 4.69) is 23.1 Å². The maximum absolute atomic E-state index is 13.0. The zero-order valence-electron chi connectivity index (χ0n) is 27.9. The minimum atomic E-state index is -1.20. The van der Waals surface area contributed by atoms with E-state index >= 15 is 0 Å². The van der Waals surface area contributed by atoms with Crippen LogP contribution in [0.2, 0.25) is 0 Å². The smallest absolute Gasteiger partial charge is 0.127 e. The van der Waals surface area contributed by atoms with Gasteiger partial charge in [-0.1, -0.05) is 19.2 Å². The van der Waals surface area contributed by atoms with Gasteiger partial charge in [-0.15, -0.1) is 0 Å². The number of ether oxygens (including phenoxy) is 2. The second-order valence-corrected chi connectivity index (χ2v) is 11.4. The summed E-state index contributed by atoms with van der Waals surface area (Å²) >= 11 is 0. The van der Waals surface area contributed by atoms with Crippen molar-refractivity contribution in [3.8, 4) is 45.5 Å². The van der Waals surface area contributed by atoms with Crippen molar-refractivity contribution in [2.45, 2.75) is 12.2 Å². The predicted molar refractivity (Wildman–Crippen MR) is 197 cm³/mol. The lowest BCUT2D eigenvalue weighted by Gasteiger charge is -2.15. The molecule has 2 aromatic heterocycles. The van der Waals surface area contributed by atoms with Crippen molar-refractivity contribution < 1.29 is 38.7 Å². The number of halogens is 2. The molecular weight excluding hydrogens is 666 g/mol. The molecule has 0 bridgehead atoms. The van der Waals surface area contributed by atoms with Gasteiger partial charge in [0.2, 0.25) is 0 Å². The fraction of sp³-hybridized carbons (Fsp3) is 0.0952. The first kappa shape index (κ1) is 37.2. The number of aliphatic hydroxyl groups excluding tert-OH is 4. The van der Waals surface area contributed by atoms with Crippen molar-refractivity contribution in [3.63, 3.8) is 0 Å². The summed E-state index contributed by atoms with van der Waals surface area (Å²) in [5, 5.41) is 38.2. The van der Waals surface area contributed by atoms with Crippen molar-refractivity contribution in [2.75, 3.05) is 13.2 Å². The van der Waals surface area contributed by atoms with E-state index in [0.717, 1.165) is 22.5 Å². The molecule has 0 fully saturated rings. The average molecular weight is 703 g/mol. The van der Waals surface area contributed by atoms with Crippen LogP contribution in [-0.4, -0.2) is 43.6 Å². The lowest BCUT2D eigenvalue weighted by molar-refractivity contribution is 0.0882. The van der Waals surface area contributed by atoms with Crippen molar-refractivity contribution in [3.05, 3.63) is 169 Å². The number of pyridine rings is 2. The second-order valence-electron chi connectivity index (χ2n) is 11.4. The molecule has 6 rings (SSSR count). The van der Waals surface area contributed by atoms with Gasteiger partial charge in [0.1, 0.15) is 46.8 Å². The Kier molecular flexibility index (Phi) is 12.7. The van der Waals surface area contributed by atoms with E-state index in [1.807, 2.05) is 36.4 Å². The van der Waals surface area contributed by atoms with Gasteiger partial charge in [-0.05, 0) is 139 Å². The molecule has 10 heteroatoms. The number of nitrogens with zero attached hydrogens (tertiary/aromatic N) is 2. The molecule has 0 unspecified atom stereocenters. The SMILES string of the molecule is C=Cc1cc(C=C)nc(-c2ccc(Oc3ccc(F)cc3)cc2)c1.OC[C@@H](O)c1cc(-c2ccc(Oc3ccc(F)cc3)cc2)nc([C@H](O)CO)c1. The summed E-state index contributed by atoms with van der Waals surface area (Å²) < 4.78 is 37.2. The Labute approximate surface area is 299 Å². The van der Waals surface area contributed by atoms with Crippen LogP contribution in [0.5, 0.6) is 23.0 Å². The molecular formula is C42H36F2N2O6. The molecule has 264 valence electrons. The molecule has 2 heterocycles. The largest absolute Gasteiger partial charge is 0.457 e. The fourth-order valence-electron chi connectivity index (χ4n) is 4.89. The standard InChI is InChI=1S/C21H20FNO5.C21H16FNO/c22-15-3-7-17(8-4-15)28-16-5-1-13(2-6-16)18-9-14(20(26)11-24)10-19(23-18)21(27)12-25;1-3-15-13-18(4-2)23-21(14-15)16-5-9-19(10-6-16)24-20-11-7-17(22)8-12-20/h1-10,20-21,24-27H,11-12H2;3-14H,1-2H2/t20-,21-;/m1./s1. The third-order valence-corrected chi connectivity index (χ3v) is 7.65. The summed E-state index contributed by atoms with van der Waals surface area (Å²) in [4.78, 5) is 8.87. The highest BCUT2D eigenvalue weighted by molar-refractivity contribution is 5.67. The van der Waals surface area contributed by atoms with Crippen molar-refractivity contribution in [1.82, 2.24) is 9.97 Å². The van der Waals surface area contributed by atoms with Gasteiger partial charge >= 0.3 is 0 Å². The number of benzene rings is 4. The zero-order valence-corrected chi connectivity index (χ0v) is 27.9. The van der Waals surface area contributed by atoms with Crippen molar-refractivity contribution in [1.29, 1.82) is 0 Å². The molecule has 0 aliphatic carbocycles. The summed E-state index contributed by atoms with van der Waals surface area (Å²) in [7, 11) is 0. The molecule has 8 nitrogen and oxygen atoms in total. The molecule has 52 heavy (non-hydrogen) atoms. The van der Waals surface area contributed by atoms with E-state index in [1.54, 1.807) is 54.6 Å². The van der Waals surface area contributed by atoms with Gasteiger partial charge in [-0.2, -0.15) is 0 Å². The number of aliphatic hydroxyl groups is 4. The third kappa shape index (κ3) is 10.0. The topological polar surface area (TPSA) is 125 Å². The predicted octanol–water partition coefficient (Wildman–Crippen LogP) is 8.70. The lowest BCUT2D eigenvalue weighted by Crippen LogP contribution is -2.10. The van der Waals surface area contributed by atoms with Crippen LogP contribution in [0.3, 0.4) is 0 Å². The van der Waals surface area contributed by atoms with Crippen LogP contribution in [0, 0.1) is 11.6 Å². The van der Waals surface area contributed by atoms with Crippen LogP contribution in [-0.2, 0) is 0 Å². The number of aromatic nitrogens is 2. The quantitative estimate of drug-likeness (QED) is 0.0999. The molecule has 6 aromatic rings. The normalized spacial score (nSPS) is 11.8. The summed E-state index contributed by atoms with van der Waals surface area (Å²) in [5.74, 6) is 1.66. The van der Waals surface area contributed by atoms with Gasteiger partial charge in [-0.25, -0.2) is 18.7 Å². The Morgan fingerprint density at radius 1 is 0.558 bits per heavy atom. The van der Waals surface area contributed by atoms with E-state index in [0.29, 0.717) is 39.8 Å². The Hall–Kier alpha value is -6.04. The van der Waals surface area contributed by atoms with Crippen LogP contribution in [0.25, 0.3) is 34.7 Å². The molecule has 0 amide bonds. The molecule has 0 aliphatic heterocycles. The summed E-state index contributed by atoms with van der Waals surface area (Å²) in [5.41, 5.74) is 5.31. The lowest BCUT2D eigenvalue weighted by atomic mass is 10.0. The molecule has 0 radical (unpaired) electrons. The zero-order chi connectivity index (χ0) is 37.0. The molecule has 0 aliphatic rings. The van der Waals surface area contributed by atoms with Crippen LogP contribution >= 0.6 is 0 Å². The molecule has 0 saturated carbocycles. The molecule has 0 saturated heterocycles. The Morgan fingerprint density at radius 3 is 1.42 bits per heavy atom. The maximum Gasteiger partial charge on any atom is 0.127 e. The summed E-state index contributed by atoms with van der Waals surface area (Å²) in [6.07, 6.45) is 1.16.